The minimum atomic E-state index is -2.84. The smallest absolute Gasteiger partial charge is 0.311 e. The molecule has 1 saturated heterocycles. The third kappa shape index (κ3) is 4.45. The summed E-state index contributed by atoms with van der Waals surface area (Å²) < 4.78 is 27.6. The van der Waals surface area contributed by atoms with E-state index in [9.17, 15) is 13.2 Å². The van der Waals surface area contributed by atoms with Crippen LogP contribution in [0.4, 0.5) is 5.13 Å². The SMILES string of the molecule is CCOC(=O)Cc1csc(NCC2CCS(=O)(=O)C2)n1. The molecule has 0 aromatic carbocycles. The zero-order valence-corrected chi connectivity index (χ0v) is 12.9. The minimum absolute atomic E-state index is 0.150. The average Bonchev–Trinajstić information content (AvgIpc) is 2.93. The lowest BCUT2D eigenvalue weighted by atomic mass is 10.1. The summed E-state index contributed by atoms with van der Waals surface area (Å²) in [4.78, 5) is 15.6. The van der Waals surface area contributed by atoms with Crippen LogP contribution < -0.4 is 5.32 Å². The van der Waals surface area contributed by atoms with Crippen molar-refractivity contribution < 1.29 is 17.9 Å². The highest BCUT2D eigenvalue weighted by Crippen LogP contribution is 2.21. The first kappa shape index (κ1) is 15.2. The van der Waals surface area contributed by atoms with Crippen molar-refractivity contribution >= 4 is 32.3 Å². The third-order valence-electron chi connectivity index (χ3n) is 3.05. The summed E-state index contributed by atoms with van der Waals surface area (Å²) in [5.74, 6) is 0.399. The van der Waals surface area contributed by atoms with Crippen LogP contribution in [0.5, 0.6) is 0 Å². The predicted molar refractivity (Wildman–Crippen MR) is 77.7 cm³/mol. The number of sulfone groups is 1. The zero-order chi connectivity index (χ0) is 14.6. The Labute approximate surface area is 122 Å². The number of ether oxygens (including phenoxy) is 1. The van der Waals surface area contributed by atoms with E-state index in [1.165, 1.54) is 11.3 Å². The maximum absolute atomic E-state index is 11.3. The molecule has 0 saturated carbocycles. The number of esters is 1. The van der Waals surface area contributed by atoms with Gasteiger partial charge in [-0.3, -0.25) is 4.79 Å². The highest BCUT2D eigenvalue weighted by atomic mass is 32.2. The maximum Gasteiger partial charge on any atom is 0.311 e. The molecule has 0 amide bonds. The van der Waals surface area contributed by atoms with Gasteiger partial charge in [-0.1, -0.05) is 0 Å². The normalized spacial score (nSPS) is 20.8. The highest BCUT2D eigenvalue weighted by molar-refractivity contribution is 7.91. The Morgan fingerprint density at radius 3 is 3.05 bits per heavy atom. The van der Waals surface area contributed by atoms with Crippen LogP contribution in [0.1, 0.15) is 19.0 Å². The lowest BCUT2D eigenvalue weighted by Gasteiger charge is -2.07. The number of nitrogens with zero attached hydrogens (tertiary/aromatic N) is 1. The summed E-state index contributed by atoms with van der Waals surface area (Å²) in [6.07, 6.45) is 0.875. The van der Waals surface area contributed by atoms with Crippen molar-refractivity contribution in [2.24, 2.45) is 5.92 Å². The fourth-order valence-corrected chi connectivity index (χ4v) is 4.68. The number of thiazole rings is 1. The largest absolute Gasteiger partial charge is 0.466 e. The van der Waals surface area contributed by atoms with Crippen LogP contribution in [0, 0.1) is 5.92 Å². The number of aromatic nitrogens is 1. The summed E-state index contributed by atoms with van der Waals surface area (Å²) in [5, 5.41) is 5.67. The predicted octanol–water partition coefficient (Wildman–Crippen LogP) is 1.10. The van der Waals surface area contributed by atoms with Crippen molar-refractivity contribution in [2.75, 3.05) is 30.0 Å². The van der Waals surface area contributed by atoms with E-state index in [0.717, 1.165) is 0 Å². The van der Waals surface area contributed by atoms with E-state index in [2.05, 4.69) is 10.3 Å². The van der Waals surface area contributed by atoms with Gasteiger partial charge in [0.25, 0.3) is 0 Å². The number of carbonyl (C=O) groups excluding carboxylic acids is 1. The molecule has 112 valence electrons. The summed E-state index contributed by atoms with van der Waals surface area (Å²) in [5.41, 5.74) is 0.676. The van der Waals surface area contributed by atoms with Crippen molar-refractivity contribution in [3.63, 3.8) is 0 Å². The van der Waals surface area contributed by atoms with Crippen LogP contribution in [-0.4, -0.2) is 44.0 Å². The minimum Gasteiger partial charge on any atom is -0.466 e. The fourth-order valence-electron chi connectivity index (χ4n) is 2.09. The molecule has 1 unspecified atom stereocenters. The lowest BCUT2D eigenvalue weighted by molar-refractivity contribution is -0.142. The molecule has 1 atom stereocenters. The molecule has 0 aliphatic carbocycles. The van der Waals surface area contributed by atoms with Crippen LogP contribution in [-0.2, 0) is 25.8 Å². The second-order valence-electron chi connectivity index (χ2n) is 4.78. The monoisotopic (exact) mass is 318 g/mol. The summed E-state index contributed by atoms with van der Waals surface area (Å²) in [6.45, 7) is 2.73. The molecule has 8 heteroatoms. The van der Waals surface area contributed by atoms with Crippen molar-refractivity contribution in [3.8, 4) is 0 Å². The molecule has 1 fully saturated rings. The Balaban J connectivity index is 1.80. The van der Waals surface area contributed by atoms with Crippen molar-refractivity contribution in [3.05, 3.63) is 11.1 Å². The second-order valence-corrected chi connectivity index (χ2v) is 7.86. The Hall–Kier alpha value is -1.15. The average molecular weight is 318 g/mol. The van der Waals surface area contributed by atoms with Gasteiger partial charge in [-0.15, -0.1) is 11.3 Å². The number of anilines is 1. The number of hydrogen-bond acceptors (Lipinski definition) is 7. The topological polar surface area (TPSA) is 85.4 Å². The van der Waals surface area contributed by atoms with Crippen LogP contribution >= 0.6 is 11.3 Å². The van der Waals surface area contributed by atoms with Gasteiger partial charge in [0.1, 0.15) is 0 Å². The van der Waals surface area contributed by atoms with Crippen molar-refractivity contribution in [1.82, 2.24) is 4.98 Å². The van der Waals surface area contributed by atoms with Crippen LogP contribution in [0.25, 0.3) is 0 Å². The van der Waals surface area contributed by atoms with Gasteiger partial charge in [-0.2, -0.15) is 0 Å². The summed E-state index contributed by atoms with van der Waals surface area (Å²) >= 11 is 1.41. The Morgan fingerprint density at radius 2 is 2.40 bits per heavy atom. The number of rotatable bonds is 6. The number of carbonyl (C=O) groups is 1. The van der Waals surface area contributed by atoms with Gasteiger partial charge in [0, 0.05) is 11.9 Å². The molecule has 6 nitrogen and oxygen atoms in total. The molecule has 0 spiro atoms. The van der Waals surface area contributed by atoms with Gasteiger partial charge in [-0.25, -0.2) is 13.4 Å². The van der Waals surface area contributed by atoms with Gasteiger partial charge in [0.2, 0.25) is 0 Å². The first-order chi connectivity index (χ1) is 9.48. The molecule has 2 rings (SSSR count). The Bertz CT molecular complexity index is 568. The van der Waals surface area contributed by atoms with Crippen molar-refractivity contribution in [1.29, 1.82) is 0 Å². The first-order valence-corrected chi connectivity index (χ1v) is 9.23. The van der Waals surface area contributed by atoms with E-state index in [4.69, 9.17) is 4.74 Å². The standard InChI is InChI=1S/C12H18N2O4S2/c1-2-18-11(15)5-10-7-19-12(14-10)13-6-9-3-4-20(16,17)8-9/h7,9H,2-6,8H2,1H3,(H,13,14). The number of hydrogen-bond donors (Lipinski definition) is 1. The molecule has 1 aromatic heterocycles. The molecule has 0 bridgehead atoms. The van der Waals surface area contributed by atoms with E-state index in [0.29, 0.717) is 30.4 Å². The molecular formula is C12H18N2O4S2. The molecule has 2 heterocycles. The van der Waals surface area contributed by atoms with E-state index in [1.807, 2.05) is 5.38 Å². The molecule has 1 N–H and O–H groups in total. The molecular weight excluding hydrogens is 300 g/mol. The maximum atomic E-state index is 11.3. The van der Waals surface area contributed by atoms with Crippen LogP contribution in [0.3, 0.4) is 0 Å². The zero-order valence-electron chi connectivity index (χ0n) is 11.3. The molecule has 20 heavy (non-hydrogen) atoms. The van der Waals surface area contributed by atoms with Gasteiger partial charge >= 0.3 is 5.97 Å². The summed E-state index contributed by atoms with van der Waals surface area (Å²) in [7, 11) is -2.84. The van der Waals surface area contributed by atoms with Crippen molar-refractivity contribution in [2.45, 2.75) is 19.8 Å². The van der Waals surface area contributed by atoms with E-state index < -0.39 is 9.84 Å². The van der Waals surface area contributed by atoms with E-state index >= 15 is 0 Å². The fraction of sp³-hybridized carbons (Fsp3) is 0.667. The van der Waals surface area contributed by atoms with E-state index in [1.54, 1.807) is 6.92 Å². The molecule has 1 aliphatic heterocycles. The van der Waals surface area contributed by atoms with Crippen LogP contribution in [0.15, 0.2) is 5.38 Å². The van der Waals surface area contributed by atoms with E-state index in [-0.39, 0.29) is 29.8 Å². The van der Waals surface area contributed by atoms with Gasteiger partial charge < -0.3 is 10.1 Å². The quantitative estimate of drug-likeness (QED) is 0.791. The second kappa shape index (κ2) is 6.53. The molecule has 0 radical (unpaired) electrons. The van der Waals surface area contributed by atoms with Gasteiger partial charge in [-0.05, 0) is 19.3 Å². The highest BCUT2D eigenvalue weighted by Gasteiger charge is 2.27. The van der Waals surface area contributed by atoms with Gasteiger partial charge in [0.15, 0.2) is 15.0 Å². The molecule has 1 aromatic rings. The summed E-state index contributed by atoms with van der Waals surface area (Å²) in [6, 6.07) is 0. The Kier molecular flexibility index (Phi) is 4.98. The Morgan fingerprint density at radius 1 is 1.60 bits per heavy atom. The number of nitrogens with one attached hydrogen (secondary N) is 1. The third-order valence-corrected chi connectivity index (χ3v) is 5.74. The molecule has 1 aliphatic rings. The lowest BCUT2D eigenvalue weighted by Crippen LogP contribution is -2.15. The first-order valence-electron chi connectivity index (χ1n) is 6.53. The van der Waals surface area contributed by atoms with Crippen LogP contribution in [0.2, 0.25) is 0 Å². The van der Waals surface area contributed by atoms with Gasteiger partial charge in [0.05, 0.1) is 30.2 Å².